The summed E-state index contributed by atoms with van der Waals surface area (Å²) in [6.07, 6.45) is -10.2. The van der Waals surface area contributed by atoms with Crippen LogP contribution in [-0.4, -0.2) is 92.1 Å². The van der Waals surface area contributed by atoms with Gasteiger partial charge in [-0.25, -0.2) is 26.4 Å². The zero-order valence-electron chi connectivity index (χ0n) is 27.4. The van der Waals surface area contributed by atoms with Crippen LogP contribution < -0.4 is 0 Å². The van der Waals surface area contributed by atoms with Crippen molar-refractivity contribution in [3.8, 4) is 0 Å². The van der Waals surface area contributed by atoms with E-state index in [2.05, 4.69) is 9.64 Å². The van der Waals surface area contributed by atoms with Gasteiger partial charge in [-0.2, -0.15) is 26.3 Å². The molecular weight excluding hydrogens is 729 g/mol. The summed E-state index contributed by atoms with van der Waals surface area (Å²) in [5.41, 5.74) is -7.56. The lowest BCUT2D eigenvalue weighted by molar-refractivity contribution is -0.392. The van der Waals surface area contributed by atoms with Crippen LogP contribution in [0.1, 0.15) is 41.9 Å². The molecule has 2 atom stereocenters. The summed E-state index contributed by atoms with van der Waals surface area (Å²) < 4.78 is 162. The van der Waals surface area contributed by atoms with Crippen molar-refractivity contribution in [1.29, 1.82) is 0 Å². The first kappa shape index (κ1) is 37.9. The fourth-order valence-corrected chi connectivity index (χ4v) is 9.02. The maximum atomic E-state index is 14.5. The van der Waals surface area contributed by atoms with E-state index in [1.54, 1.807) is 4.90 Å². The minimum atomic E-state index is -6.17. The van der Waals surface area contributed by atoms with E-state index in [1.165, 1.54) is 4.90 Å². The molecule has 2 saturated heterocycles. The lowest BCUT2D eigenvalue weighted by Crippen LogP contribution is -2.57. The van der Waals surface area contributed by atoms with Crippen molar-refractivity contribution in [2.45, 2.75) is 65.9 Å². The number of hydrogen-bond donors (Lipinski definition) is 0. The zero-order valence-corrected chi connectivity index (χ0v) is 28.3. The van der Waals surface area contributed by atoms with Gasteiger partial charge >= 0.3 is 18.4 Å². The standard InChI is InChI=1S/C35H34F9N3O4S/c36-24-8-12-26(13-9-24)52(49,50)31-20-47(32(48)46-18-16-45(17-19-46)25-10-11-25)15-14-27(31)22-4-6-23(7-5-22)33(34(39,40)41,35(42,43)44)51-21-28-29(37)2-1-3-30(28)38/h1-9,12-13,25,27,31H,10-11,14-21H2/t27-,31-/m0/s1. The molecule has 3 aromatic rings. The molecular formula is C35H34F9N3O4S. The molecule has 0 unspecified atom stereocenters. The summed E-state index contributed by atoms with van der Waals surface area (Å²) in [4.78, 5) is 18.6. The Morgan fingerprint density at radius 3 is 1.85 bits per heavy atom. The molecule has 2 amide bonds. The number of sulfone groups is 1. The van der Waals surface area contributed by atoms with Crippen LogP contribution in [0.25, 0.3) is 0 Å². The second-order valence-electron chi connectivity index (χ2n) is 13.2. The van der Waals surface area contributed by atoms with Gasteiger partial charge in [0.15, 0.2) is 9.84 Å². The number of benzene rings is 3. The van der Waals surface area contributed by atoms with Crippen molar-refractivity contribution in [1.82, 2.24) is 14.7 Å². The highest BCUT2D eigenvalue weighted by Crippen LogP contribution is 2.54. The van der Waals surface area contributed by atoms with Crippen molar-refractivity contribution in [3.05, 3.63) is 101 Å². The fraction of sp³-hybridized carbons (Fsp3) is 0.457. The van der Waals surface area contributed by atoms with Gasteiger partial charge in [-0.1, -0.05) is 30.3 Å². The summed E-state index contributed by atoms with van der Waals surface area (Å²) in [6, 6.07) is 9.07. The highest BCUT2D eigenvalue weighted by Gasteiger charge is 2.73. The van der Waals surface area contributed by atoms with Crippen LogP contribution in [0.4, 0.5) is 44.3 Å². The molecule has 17 heteroatoms. The molecule has 1 saturated carbocycles. The largest absolute Gasteiger partial charge is 0.430 e. The zero-order chi connectivity index (χ0) is 37.6. The fourth-order valence-electron chi connectivity index (χ4n) is 7.05. The molecule has 0 aromatic heterocycles. The first-order chi connectivity index (χ1) is 24.4. The maximum Gasteiger partial charge on any atom is 0.430 e. The Morgan fingerprint density at radius 2 is 1.31 bits per heavy atom. The van der Waals surface area contributed by atoms with Crippen molar-refractivity contribution in [2.75, 3.05) is 39.3 Å². The van der Waals surface area contributed by atoms with Gasteiger partial charge in [0, 0.05) is 62.4 Å². The van der Waals surface area contributed by atoms with Crippen LogP contribution >= 0.6 is 0 Å². The van der Waals surface area contributed by atoms with E-state index in [9.17, 15) is 52.7 Å². The Bertz CT molecular complexity index is 1830. The molecule has 3 fully saturated rings. The van der Waals surface area contributed by atoms with Crippen LogP contribution in [0.2, 0.25) is 0 Å². The van der Waals surface area contributed by atoms with Crippen molar-refractivity contribution >= 4 is 15.9 Å². The van der Waals surface area contributed by atoms with E-state index in [1.807, 2.05) is 0 Å². The summed E-state index contributed by atoms with van der Waals surface area (Å²) >= 11 is 0. The van der Waals surface area contributed by atoms with E-state index < -0.39 is 80.2 Å². The van der Waals surface area contributed by atoms with E-state index in [0.717, 1.165) is 55.3 Å². The van der Waals surface area contributed by atoms with Crippen LogP contribution in [0.5, 0.6) is 0 Å². The number of amides is 2. The first-order valence-corrected chi connectivity index (χ1v) is 18.1. The number of piperazine rings is 1. The van der Waals surface area contributed by atoms with Crippen molar-refractivity contribution < 1.29 is 57.5 Å². The summed E-state index contributed by atoms with van der Waals surface area (Å²) in [5.74, 6) is -4.55. The number of likely N-dealkylation sites (tertiary alicyclic amines) is 1. The van der Waals surface area contributed by atoms with E-state index in [-0.39, 0.29) is 30.0 Å². The predicted octanol–water partition coefficient (Wildman–Crippen LogP) is 7.17. The van der Waals surface area contributed by atoms with Gasteiger partial charge in [0.25, 0.3) is 5.60 Å². The average Bonchev–Trinajstić information content (AvgIpc) is 3.94. The van der Waals surface area contributed by atoms with Crippen LogP contribution in [0, 0.1) is 17.5 Å². The summed E-state index contributed by atoms with van der Waals surface area (Å²) in [6.45, 7) is 0.144. The van der Waals surface area contributed by atoms with Gasteiger partial charge in [0.2, 0.25) is 0 Å². The number of carbonyl (C=O) groups excluding carboxylic acids is 1. The van der Waals surface area contributed by atoms with Gasteiger partial charge in [-0.3, -0.25) is 4.90 Å². The Morgan fingerprint density at radius 1 is 0.731 bits per heavy atom. The molecule has 282 valence electrons. The molecule has 3 aliphatic rings. The lowest BCUT2D eigenvalue weighted by atomic mass is 9.85. The molecule has 2 heterocycles. The minimum absolute atomic E-state index is 0.0229. The number of carbonyl (C=O) groups is 1. The Labute approximate surface area is 293 Å². The number of hydrogen-bond acceptors (Lipinski definition) is 5. The number of ether oxygens (including phenoxy) is 1. The van der Waals surface area contributed by atoms with Crippen LogP contribution in [0.15, 0.2) is 71.6 Å². The molecule has 2 aliphatic heterocycles. The quantitative estimate of drug-likeness (QED) is 0.180. The smallest absolute Gasteiger partial charge is 0.349 e. The number of piperidine rings is 1. The maximum absolute atomic E-state index is 14.5. The summed E-state index contributed by atoms with van der Waals surface area (Å²) in [7, 11) is -4.36. The molecule has 3 aromatic carbocycles. The van der Waals surface area contributed by atoms with Gasteiger partial charge in [0.05, 0.1) is 16.8 Å². The van der Waals surface area contributed by atoms with E-state index in [0.29, 0.717) is 56.5 Å². The average molecular weight is 764 g/mol. The molecule has 52 heavy (non-hydrogen) atoms. The van der Waals surface area contributed by atoms with Crippen molar-refractivity contribution in [2.24, 2.45) is 0 Å². The van der Waals surface area contributed by atoms with Gasteiger partial charge in [-0.05, 0) is 61.2 Å². The highest BCUT2D eigenvalue weighted by atomic mass is 32.2. The third-order valence-corrected chi connectivity index (χ3v) is 12.3. The third-order valence-electron chi connectivity index (χ3n) is 10.1. The first-order valence-electron chi connectivity index (χ1n) is 16.5. The number of halogens is 9. The molecule has 0 bridgehead atoms. The highest BCUT2D eigenvalue weighted by molar-refractivity contribution is 7.92. The number of urea groups is 1. The molecule has 1 aliphatic carbocycles. The van der Waals surface area contributed by atoms with Gasteiger partial charge in [-0.15, -0.1) is 0 Å². The van der Waals surface area contributed by atoms with Gasteiger partial charge in [0.1, 0.15) is 17.5 Å². The van der Waals surface area contributed by atoms with E-state index in [4.69, 9.17) is 0 Å². The second kappa shape index (κ2) is 14.2. The molecule has 7 nitrogen and oxygen atoms in total. The molecule has 0 N–H and O–H groups in total. The van der Waals surface area contributed by atoms with Gasteiger partial charge < -0.3 is 14.5 Å². The lowest BCUT2D eigenvalue weighted by Gasteiger charge is -2.42. The monoisotopic (exact) mass is 763 g/mol. The Balaban J connectivity index is 1.31. The Hall–Kier alpha value is -3.83. The van der Waals surface area contributed by atoms with Crippen LogP contribution in [0.3, 0.4) is 0 Å². The molecule has 0 radical (unpaired) electrons. The SMILES string of the molecule is O=C(N1CCN(C2CC2)CC1)N1CC[C@@H](c2ccc(C(OCc3c(F)cccc3F)(C(F)(F)F)C(F)(F)F)cc2)[C@@H](S(=O)(=O)c2ccc(F)cc2)C1. The van der Waals surface area contributed by atoms with E-state index >= 15 is 0 Å². The number of nitrogens with zero attached hydrogens (tertiary/aromatic N) is 3. The minimum Gasteiger partial charge on any atom is -0.349 e. The topological polar surface area (TPSA) is 70.2 Å². The molecule has 0 spiro atoms. The second-order valence-corrected chi connectivity index (χ2v) is 15.4. The predicted molar refractivity (Wildman–Crippen MR) is 169 cm³/mol. The number of rotatable bonds is 8. The third kappa shape index (κ3) is 7.23. The molecule has 6 rings (SSSR count). The van der Waals surface area contributed by atoms with Crippen LogP contribution in [-0.2, 0) is 26.8 Å². The Kier molecular flexibility index (Phi) is 10.3. The number of alkyl halides is 6. The normalized spacial score (nSPS) is 21.0. The summed E-state index contributed by atoms with van der Waals surface area (Å²) in [5, 5.41) is -1.41. The van der Waals surface area contributed by atoms with Crippen molar-refractivity contribution in [3.63, 3.8) is 0 Å².